The van der Waals surface area contributed by atoms with Crippen LogP contribution in [0.3, 0.4) is 0 Å². The summed E-state index contributed by atoms with van der Waals surface area (Å²) in [5, 5.41) is 20.9. The third-order valence-electron chi connectivity index (χ3n) is 4.32. The lowest BCUT2D eigenvalue weighted by Crippen LogP contribution is -1.90. The van der Waals surface area contributed by atoms with Crippen LogP contribution in [0, 0.1) is 20.8 Å². The van der Waals surface area contributed by atoms with Crippen molar-refractivity contribution in [2.75, 3.05) is 7.11 Å². The number of furan rings is 1. The molecule has 0 fully saturated rings. The van der Waals surface area contributed by atoms with Crippen molar-refractivity contribution in [3.05, 3.63) is 39.9 Å². The predicted molar refractivity (Wildman–Crippen MR) is 90.8 cm³/mol. The van der Waals surface area contributed by atoms with Gasteiger partial charge in [-0.05, 0) is 55.7 Å². The van der Waals surface area contributed by atoms with Gasteiger partial charge in [0.05, 0.1) is 12.1 Å². The number of phenols is 2. The Morgan fingerprint density at radius 1 is 1.04 bits per heavy atom. The average Bonchev–Trinajstić information content (AvgIpc) is 2.90. The number of aryl methyl sites for hydroxylation is 1. The van der Waals surface area contributed by atoms with Crippen LogP contribution in [0.1, 0.15) is 16.7 Å². The lowest BCUT2D eigenvalue weighted by molar-refractivity contribution is 0.411. The summed E-state index contributed by atoms with van der Waals surface area (Å²) in [5.41, 5.74) is 3.86. The summed E-state index contributed by atoms with van der Waals surface area (Å²) in [6.07, 6.45) is 0. The molecule has 2 aromatic carbocycles. The summed E-state index contributed by atoms with van der Waals surface area (Å²) in [4.78, 5) is 0. The quantitative estimate of drug-likeness (QED) is 0.685. The molecular formula is C18H17ClO4. The second-order valence-corrected chi connectivity index (χ2v) is 5.96. The summed E-state index contributed by atoms with van der Waals surface area (Å²) in [6, 6.07) is 4.62. The van der Waals surface area contributed by atoms with Crippen LogP contribution in [0.4, 0.5) is 0 Å². The monoisotopic (exact) mass is 332 g/mol. The molecule has 0 saturated heterocycles. The summed E-state index contributed by atoms with van der Waals surface area (Å²) >= 11 is 6.22. The predicted octanol–water partition coefficient (Wildman–Crippen LogP) is 5.10. The molecule has 0 unspecified atom stereocenters. The molecule has 1 heterocycles. The third-order valence-corrected chi connectivity index (χ3v) is 4.64. The van der Waals surface area contributed by atoms with Crippen molar-refractivity contribution >= 4 is 22.6 Å². The standard InChI is InChI=1S/C18H17ClO4/c1-8-9(2)15(21)14-16(10(8)3)23-17(18(14)22-4)12-6-5-11(20)7-13(12)19/h5-7,20-21H,1-4H3. The molecular weight excluding hydrogens is 316 g/mol. The van der Waals surface area contributed by atoms with Crippen LogP contribution in [-0.4, -0.2) is 17.3 Å². The van der Waals surface area contributed by atoms with E-state index in [4.69, 9.17) is 20.8 Å². The molecule has 2 N–H and O–H groups in total. The molecule has 0 spiro atoms. The van der Waals surface area contributed by atoms with Gasteiger partial charge in [0, 0.05) is 5.56 Å². The van der Waals surface area contributed by atoms with E-state index in [1.807, 2.05) is 20.8 Å². The van der Waals surface area contributed by atoms with Crippen LogP contribution in [-0.2, 0) is 0 Å². The van der Waals surface area contributed by atoms with Gasteiger partial charge >= 0.3 is 0 Å². The van der Waals surface area contributed by atoms with Crippen LogP contribution in [0.2, 0.25) is 5.02 Å². The first-order valence-electron chi connectivity index (χ1n) is 7.14. The fraction of sp³-hybridized carbons (Fsp3) is 0.222. The van der Waals surface area contributed by atoms with Gasteiger partial charge in [0.2, 0.25) is 0 Å². The number of methoxy groups -OCH3 is 1. The molecule has 0 aliphatic rings. The van der Waals surface area contributed by atoms with Crippen molar-refractivity contribution in [3.8, 4) is 28.6 Å². The molecule has 0 aliphatic carbocycles. The van der Waals surface area contributed by atoms with E-state index in [2.05, 4.69) is 0 Å². The number of halogens is 1. The number of rotatable bonds is 2. The Kier molecular flexibility index (Phi) is 3.65. The second-order valence-electron chi connectivity index (χ2n) is 5.56. The molecule has 5 heteroatoms. The first kappa shape index (κ1) is 15.6. The van der Waals surface area contributed by atoms with Crippen molar-refractivity contribution < 1.29 is 19.4 Å². The number of aromatic hydroxyl groups is 2. The zero-order valence-electron chi connectivity index (χ0n) is 13.3. The topological polar surface area (TPSA) is 62.8 Å². The summed E-state index contributed by atoms with van der Waals surface area (Å²) < 4.78 is 11.5. The van der Waals surface area contributed by atoms with Crippen molar-refractivity contribution in [1.29, 1.82) is 0 Å². The summed E-state index contributed by atoms with van der Waals surface area (Å²) in [6.45, 7) is 5.73. The van der Waals surface area contributed by atoms with Gasteiger partial charge in [-0.1, -0.05) is 11.6 Å². The fourth-order valence-electron chi connectivity index (χ4n) is 2.77. The highest BCUT2D eigenvalue weighted by atomic mass is 35.5. The number of benzene rings is 2. The molecule has 0 amide bonds. The molecule has 0 radical (unpaired) electrons. The van der Waals surface area contributed by atoms with E-state index in [-0.39, 0.29) is 11.5 Å². The first-order chi connectivity index (χ1) is 10.9. The van der Waals surface area contributed by atoms with E-state index in [9.17, 15) is 10.2 Å². The first-order valence-corrected chi connectivity index (χ1v) is 7.52. The van der Waals surface area contributed by atoms with Crippen molar-refractivity contribution in [2.24, 2.45) is 0 Å². The van der Waals surface area contributed by atoms with E-state index < -0.39 is 0 Å². The normalized spacial score (nSPS) is 11.2. The van der Waals surface area contributed by atoms with E-state index in [1.54, 1.807) is 6.07 Å². The maximum atomic E-state index is 10.5. The molecule has 0 aliphatic heterocycles. The molecule has 1 aromatic heterocycles. The van der Waals surface area contributed by atoms with Crippen molar-refractivity contribution in [1.82, 2.24) is 0 Å². The van der Waals surface area contributed by atoms with Crippen LogP contribution in [0.25, 0.3) is 22.3 Å². The zero-order chi connectivity index (χ0) is 16.9. The maximum Gasteiger partial charge on any atom is 0.178 e. The number of hydrogen-bond donors (Lipinski definition) is 2. The highest BCUT2D eigenvalue weighted by Crippen LogP contribution is 2.48. The minimum absolute atomic E-state index is 0.0690. The minimum atomic E-state index is 0.0690. The molecule has 23 heavy (non-hydrogen) atoms. The van der Waals surface area contributed by atoms with Gasteiger partial charge in [-0.15, -0.1) is 0 Å². The number of phenolic OH excluding ortho intramolecular Hbond substituents is 2. The third kappa shape index (κ3) is 2.21. The molecule has 0 bridgehead atoms. The van der Waals surface area contributed by atoms with Gasteiger partial charge in [-0.2, -0.15) is 0 Å². The Bertz CT molecular complexity index is 925. The average molecular weight is 333 g/mol. The molecule has 3 rings (SSSR count). The van der Waals surface area contributed by atoms with Gasteiger partial charge in [0.1, 0.15) is 22.5 Å². The molecule has 4 nitrogen and oxygen atoms in total. The second kappa shape index (κ2) is 5.39. The Morgan fingerprint density at radius 2 is 1.74 bits per heavy atom. The summed E-state index contributed by atoms with van der Waals surface area (Å²) in [7, 11) is 1.52. The highest BCUT2D eigenvalue weighted by molar-refractivity contribution is 6.33. The molecule has 0 atom stereocenters. The van der Waals surface area contributed by atoms with Crippen molar-refractivity contribution in [3.63, 3.8) is 0 Å². The van der Waals surface area contributed by atoms with Crippen LogP contribution in [0.5, 0.6) is 17.2 Å². The Labute approximate surface area is 138 Å². The Balaban J connectivity index is 2.44. The fourth-order valence-corrected chi connectivity index (χ4v) is 3.03. The van der Waals surface area contributed by atoms with E-state index >= 15 is 0 Å². The largest absolute Gasteiger partial charge is 0.508 e. The number of hydrogen-bond acceptors (Lipinski definition) is 4. The lowest BCUT2D eigenvalue weighted by Gasteiger charge is -2.09. The number of fused-ring (bicyclic) bond motifs is 1. The zero-order valence-corrected chi connectivity index (χ0v) is 14.1. The minimum Gasteiger partial charge on any atom is -0.508 e. The van der Waals surface area contributed by atoms with Gasteiger partial charge in [0.15, 0.2) is 11.5 Å². The Morgan fingerprint density at radius 3 is 2.35 bits per heavy atom. The number of ether oxygens (including phenoxy) is 1. The highest BCUT2D eigenvalue weighted by Gasteiger charge is 2.25. The van der Waals surface area contributed by atoms with Gasteiger partial charge < -0.3 is 19.4 Å². The molecule has 120 valence electrons. The van der Waals surface area contributed by atoms with E-state index in [0.29, 0.717) is 33.1 Å². The molecule has 3 aromatic rings. The maximum absolute atomic E-state index is 10.5. The van der Waals surface area contributed by atoms with E-state index in [0.717, 1.165) is 16.7 Å². The smallest absolute Gasteiger partial charge is 0.178 e. The van der Waals surface area contributed by atoms with Crippen LogP contribution < -0.4 is 4.74 Å². The molecule has 0 saturated carbocycles. The van der Waals surface area contributed by atoms with Crippen LogP contribution >= 0.6 is 11.6 Å². The Hall–Kier alpha value is -2.33. The summed E-state index contributed by atoms with van der Waals surface area (Å²) in [5.74, 6) is 1.07. The van der Waals surface area contributed by atoms with Crippen LogP contribution in [0.15, 0.2) is 22.6 Å². The lowest BCUT2D eigenvalue weighted by atomic mass is 9.99. The van der Waals surface area contributed by atoms with Gasteiger partial charge in [-0.25, -0.2) is 0 Å². The SMILES string of the molecule is COc1c(-c2ccc(O)cc2Cl)oc2c(C)c(C)c(C)c(O)c12. The van der Waals surface area contributed by atoms with Gasteiger partial charge in [0.25, 0.3) is 0 Å². The van der Waals surface area contributed by atoms with Gasteiger partial charge in [-0.3, -0.25) is 0 Å². The van der Waals surface area contributed by atoms with E-state index in [1.165, 1.54) is 19.2 Å². The van der Waals surface area contributed by atoms with Crippen molar-refractivity contribution in [2.45, 2.75) is 20.8 Å².